The SMILES string of the molecule is CC(C)(C)OC(=O)N1CCCN(C(=O)c2ccc(Br)nc2)CC1. The van der Waals surface area contributed by atoms with Gasteiger partial charge in [0, 0.05) is 32.4 Å². The highest BCUT2D eigenvalue weighted by Gasteiger charge is 2.26. The maximum atomic E-state index is 12.5. The van der Waals surface area contributed by atoms with E-state index in [-0.39, 0.29) is 12.0 Å². The summed E-state index contributed by atoms with van der Waals surface area (Å²) in [6.45, 7) is 7.72. The number of pyridine rings is 1. The van der Waals surface area contributed by atoms with Crippen LogP contribution in [0.5, 0.6) is 0 Å². The van der Waals surface area contributed by atoms with E-state index >= 15 is 0 Å². The molecular formula is C16H22BrN3O3. The van der Waals surface area contributed by atoms with Crippen LogP contribution in [0.25, 0.3) is 0 Å². The Bertz CT molecular complexity index is 569. The fourth-order valence-electron chi connectivity index (χ4n) is 2.31. The van der Waals surface area contributed by atoms with Crippen molar-refractivity contribution in [1.29, 1.82) is 0 Å². The molecule has 1 fully saturated rings. The normalized spacial score (nSPS) is 16.0. The average Bonchev–Trinajstić information content (AvgIpc) is 2.71. The van der Waals surface area contributed by atoms with E-state index in [9.17, 15) is 9.59 Å². The summed E-state index contributed by atoms with van der Waals surface area (Å²) in [5.74, 6) is -0.0592. The molecule has 1 aromatic heterocycles. The number of carbonyl (C=O) groups is 2. The summed E-state index contributed by atoms with van der Waals surface area (Å²) in [6, 6.07) is 3.49. The minimum absolute atomic E-state index is 0.0592. The van der Waals surface area contributed by atoms with E-state index in [1.54, 1.807) is 28.1 Å². The number of rotatable bonds is 1. The molecule has 0 aromatic carbocycles. The lowest BCUT2D eigenvalue weighted by atomic mass is 10.2. The topological polar surface area (TPSA) is 62.7 Å². The smallest absolute Gasteiger partial charge is 0.410 e. The monoisotopic (exact) mass is 383 g/mol. The third kappa shape index (κ3) is 5.20. The van der Waals surface area contributed by atoms with E-state index in [0.29, 0.717) is 36.3 Å². The number of amides is 2. The van der Waals surface area contributed by atoms with Gasteiger partial charge in [0.2, 0.25) is 0 Å². The molecule has 2 amide bonds. The number of halogens is 1. The molecule has 7 heteroatoms. The van der Waals surface area contributed by atoms with Crippen molar-refractivity contribution in [1.82, 2.24) is 14.8 Å². The molecular weight excluding hydrogens is 362 g/mol. The maximum Gasteiger partial charge on any atom is 0.410 e. The Kier molecular flexibility index (Phi) is 5.62. The summed E-state index contributed by atoms with van der Waals surface area (Å²) in [4.78, 5) is 32.2. The van der Waals surface area contributed by atoms with Crippen molar-refractivity contribution >= 4 is 27.9 Å². The van der Waals surface area contributed by atoms with Gasteiger partial charge in [-0.05, 0) is 55.3 Å². The number of hydrogen-bond acceptors (Lipinski definition) is 4. The predicted octanol–water partition coefficient (Wildman–Crippen LogP) is 2.93. The van der Waals surface area contributed by atoms with Crippen LogP contribution in [-0.4, -0.2) is 58.6 Å². The van der Waals surface area contributed by atoms with Crippen molar-refractivity contribution in [3.05, 3.63) is 28.5 Å². The first kappa shape index (κ1) is 17.7. The van der Waals surface area contributed by atoms with Gasteiger partial charge in [-0.1, -0.05) is 0 Å². The predicted molar refractivity (Wildman–Crippen MR) is 90.3 cm³/mol. The van der Waals surface area contributed by atoms with Crippen molar-refractivity contribution in [2.45, 2.75) is 32.8 Å². The molecule has 0 bridgehead atoms. The van der Waals surface area contributed by atoms with Crippen LogP contribution in [-0.2, 0) is 4.74 Å². The second kappa shape index (κ2) is 7.29. The molecule has 6 nitrogen and oxygen atoms in total. The molecule has 2 heterocycles. The summed E-state index contributed by atoms with van der Waals surface area (Å²) < 4.78 is 6.09. The van der Waals surface area contributed by atoms with Gasteiger partial charge in [-0.15, -0.1) is 0 Å². The molecule has 1 saturated heterocycles. The van der Waals surface area contributed by atoms with Gasteiger partial charge in [-0.25, -0.2) is 9.78 Å². The molecule has 1 aliphatic heterocycles. The van der Waals surface area contributed by atoms with Crippen molar-refractivity contribution < 1.29 is 14.3 Å². The van der Waals surface area contributed by atoms with E-state index in [1.165, 1.54) is 0 Å². The van der Waals surface area contributed by atoms with E-state index in [1.807, 2.05) is 20.8 Å². The zero-order valence-electron chi connectivity index (χ0n) is 13.7. The van der Waals surface area contributed by atoms with Crippen molar-refractivity contribution in [3.63, 3.8) is 0 Å². The van der Waals surface area contributed by atoms with Gasteiger partial charge in [-0.2, -0.15) is 0 Å². The van der Waals surface area contributed by atoms with Crippen LogP contribution in [0.15, 0.2) is 22.9 Å². The second-order valence-electron chi connectivity index (χ2n) is 6.48. The molecule has 0 atom stereocenters. The van der Waals surface area contributed by atoms with Gasteiger partial charge >= 0.3 is 6.09 Å². The second-order valence-corrected chi connectivity index (χ2v) is 7.30. The standard InChI is InChI=1S/C16H22BrN3O3/c1-16(2,3)23-15(22)20-8-4-7-19(9-10-20)14(21)12-5-6-13(17)18-11-12/h5-6,11H,4,7-10H2,1-3H3. The zero-order valence-corrected chi connectivity index (χ0v) is 15.3. The fourth-order valence-corrected chi connectivity index (χ4v) is 2.55. The molecule has 1 aromatic rings. The number of hydrogen-bond donors (Lipinski definition) is 0. The van der Waals surface area contributed by atoms with E-state index in [0.717, 1.165) is 6.42 Å². The summed E-state index contributed by atoms with van der Waals surface area (Å²) in [7, 11) is 0. The third-order valence-corrected chi connectivity index (χ3v) is 3.88. The van der Waals surface area contributed by atoms with Crippen molar-refractivity contribution in [3.8, 4) is 0 Å². The first-order valence-electron chi connectivity index (χ1n) is 7.65. The molecule has 0 radical (unpaired) electrons. The lowest BCUT2D eigenvalue weighted by molar-refractivity contribution is 0.0255. The maximum absolute atomic E-state index is 12.5. The van der Waals surface area contributed by atoms with Gasteiger partial charge in [0.1, 0.15) is 10.2 Å². The summed E-state index contributed by atoms with van der Waals surface area (Å²) >= 11 is 3.26. The van der Waals surface area contributed by atoms with Crippen LogP contribution in [0.4, 0.5) is 4.79 Å². The molecule has 0 aliphatic carbocycles. The number of carbonyl (C=O) groups excluding carboxylic acids is 2. The molecule has 23 heavy (non-hydrogen) atoms. The molecule has 0 unspecified atom stereocenters. The van der Waals surface area contributed by atoms with Gasteiger partial charge in [-0.3, -0.25) is 4.79 Å². The molecule has 126 valence electrons. The lowest BCUT2D eigenvalue weighted by Crippen LogP contribution is -2.40. The molecule has 0 spiro atoms. The largest absolute Gasteiger partial charge is 0.444 e. The number of nitrogens with zero attached hydrogens (tertiary/aromatic N) is 3. The molecule has 0 saturated carbocycles. The molecule has 1 aliphatic rings. The minimum atomic E-state index is -0.512. The highest BCUT2D eigenvalue weighted by molar-refractivity contribution is 9.10. The van der Waals surface area contributed by atoms with Crippen LogP contribution < -0.4 is 0 Å². The Morgan fingerprint density at radius 1 is 1.13 bits per heavy atom. The highest BCUT2D eigenvalue weighted by Crippen LogP contribution is 2.14. The Balaban J connectivity index is 1.97. The van der Waals surface area contributed by atoms with Crippen LogP contribution in [0.2, 0.25) is 0 Å². The lowest BCUT2D eigenvalue weighted by Gasteiger charge is -2.26. The zero-order chi connectivity index (χ0) is 17.0. The minimum Gasteiger partial charge on any atom is -0.444 e. The van der Waals surface area contributed by atoms with E-state index < -0.39 is 5.60 Å². The van der Waals surface area contributed by atoms with E-state index in [2.05, 4.69) is 20.9 Å². The Hall–Kier alpha value is -1.63. The van der Waals surface area contributed by atoms with Crippen LogP contribution >= 0.6 is 15.9 Å². The first-order chi connectivity index (χ1) is 10.8. The van der Waals surface area contributed by atoms with Gasteiger partial charge in [0.05, 0.1) is 5.56 Å². The number of ether oxygens (including phenoxy) is 1. The Morgan fingerprint density at radius 2 is 1.78 bits per heavy atom. The van der Waals surface area contributed by atoms with Crippen LogP contribution in [0.1, 0.15) is 37.6 Å². The van der Waals surface area contributed by atoms with Gasteiger partial charge < -0.3 is 14.5 Å². The quantitative estimate of drug-likeness (QED) is 0.699. The summed E-state index contributed by atoms with van der Waals surface area (Å²) in [6.07, 6.45) is 1.97. The summed E-state index contributed by atoms with van der Waals surface area (Å²) in [5.41, 5.74) is 0.0426. The van der Waals surface area contributed by atoms with Gasteiger partial charge in [0.15, 0.2) is 0 Å². The molecule has 2 rings (SSSR count). The third-order valence-electron chi connectivity index (χ3n) is 3.41. The fraction of sp³-hybridized carbons (Fsp3) is 0.562. The van der Waals surface area contributed by atoms with E-state index in [4.69, 9.17) is 4.74 Å². The van der Waals surface area contributed by atoms with Crippen molar-refractivity contribution in [2.24, 2.45) is 0 Å². The molecule has 0 N–H and O–H groups in total. The highest BCUT2D eigenvalue weighted by atomic mass is 79.9. The Morgan fingerprint density at radius 3 is 2.39 bits per heavy atom. The van der Waals surface area contributed by atoms with Gasteiger partial charge in [0.25, 0.3) is 5.91 Å². The average molecular weight is 384 g/mol. The first-order valence-corrected chi connectivity index (χ1v) is 8.44. The Labute approximate surface area is 144 Å². The number of aromatic nitrogens is 1. The van der Waals surface area contributed by atoms with Crippen LogP contribution in [0.3, 0.4) is 0 Å². The van der Waals surface area contributed by atoms with Crippen LogP contribution in [0, 0.1) is 0 Å². The summed E-state index contributed by atoms with van der Waals surface area (Å²) in [5, 5.41) is 0. The van der Waals surface area contributed by atoms with Crippen molar-refractivity contribution in [2.75, 3.05) is 26.2 Å².